The Labute approximate surface area is 108 Å². The lowest BCUT2D eigenvalue weighted by atomic mass is 10.0. The summed E-state index contributed by atoms with van der Waals surface area (Å²) in [5, 5.41) is 4.47. The van der Waals surface area contributed by atoms with E-state index < -0.39 is 0 Å². The number of nitrogens with zero attached hydrogens (tertiary/aromatic N) is 2. The Balaban J connectivity index is 2.44. The SMILES string of the molecule is CCc1cc(CCC(Br)CC(C)C)n(C)n1. The molecule has 16 heavy (non-hydrogen) atoms. The Morgan fingerprint density at radius 1 is 1.44 bits per heavy atom. The predicted octanol–water partition coefficient (Wildman–Crippen LogP) is 3.72. The van der Waals surface area contributed by atoms with E-state index in [-0.39, 0.29) is 0 Å². The van der Waals surface area contributed by atoms with Crippen molar-refractivity contribution in [3.63, 3.8) is 0 Å². The number of halogens is 1. The predicted molar refractivity (Wildman–Crippen MR) is 73.1 cm³/mol. The van der Waals surface area contributed by atoms with Gasteiger partial charge in [0.1, 0.15) is 0 Å². The second-order valence-electron chi connectivity index (χ2n) is 4.87. The number of hydrogen-bond donors (Lipinski definition) is 0. The molecule has 1 heterocycles. The summed E-state index contributed by atoms with van der Waals surface area (Å²) < 4.78 is 2.02. The average Bonchev–Trinajstić information content (AvgIpc) is 2.55. The summed E-state index contributed by atoms with van der Waals surface area (Å²) in [5.41, 5.74) is 2.55. The van der Waals surface area contributed by atoms with Crippen LogP contribution < -0.4 is 0 Å². The molecule has 0 bridgehead atoms. The minimum absolute atomic E-state index is 0.632. The fraction of sp³-hybridized carbons (Fsp3) is 0.769. The first-order chi connectivity index (χ1) is 7.52. The molecular formula is C13H23BrN2. The van der Waals surface area contributed by atoms with Crippen molar-refractivity contribution in [2.75, 3.05) is 0 Å². The molecule has 0 fully saturated rings. The molecule has 0 aliphatic rings. The van der Waals surface area contributed by atoms with Crippen molar-refractivity contribution in [2.45, 2.75) is 51.3 Å². The quantitative estimate of drug-likeness (QED) is 0.729. The highest BCUT2D eigenvalue weighted by Gasteiger charge is 2.09. The van der Waals surface area contributed by atoms with E-state index in [1.165, 1.54) is 24.2 Å². The topological polar surface area (TPSA) is 17.8 Å². The van der Waals surface area contributed by atoms with Gasteiger partial charge < -0.3 is 0 Å². The van der Waals surface area contributed by atoms with Gasteiger partial charge in [-0.25, -0.2) is 0 Å². The molecule has 92 valence electrons. The van der Waals surface area contributed by atoms with Crippen LogP contribution in [-0.2, 0) is 19.9 Å². The number of hydrogen-bond acceptors (Lipinski definition) is 1. The molecule has 0 saturated heterocycles. The third-order valence-electron chi connectivity index (χ3n) is 2.83. The Kier molecular flexibility index (Phi) is 5.53. The van der Waals surface area contributed by atoms with Gasteiger partial charge in [0, 0.05) is 17.6 Å². The van der Waals surface area contributed by atoms with Crippen LogP contribution in [0.4, 0.5) is 0 Å². The van der Waals surface area contributed by atoms with Crippen LogP contribution in [0.3, 0.4) is 0 Å². The molecule has 0 aromatic carbocycles. The molecule has 1 aromatic rings. The third-order valence-corrected chi connectivity index (χ3v) is 3.66. The zero-order valence-corrected chi connectivity index (χ0v) is 12.4. The maximum Gasteiger partial charge on any atom is 0.0624 e. The number of alkyl halides is 1. The van der Waals surface area contributed by atoms with E-state index in [9.17, 15) is 0 Å². The van der Waals surface area contributed by atoms with Gasteiger partial charge in [-0.2, -0.15) is 5.10 Å². The van der Waals surface area contributed by atoms with Crippen LogP contribution >= 0.6 is 15.9 Å². The standard InChI is InChI=1S/C13H23BrN2/c1-5-12-9-13(16(4)15-12)7-6-11(14)8-10(2)3/h9-11H,5-8H2,1-4H3. The van der Waals surface area contributed by atoms with Crippen LogP contribution in [0.5, 0.6) is 0 Å². The largest absolute Gasteiger partial charge is 0.272 e. The Morgan fingerprint density at radius 2 is 2.12 bits per heavy atom. The Hall–Kier alpha value is -0.310. The smallest absolute Gasteiger partial charge is 0.0624 e. The second-order valence-corrected chi connectivity index (χ2v) is 6.16. The number of rotatable bonds is 6. The van der Waals surface area contributed by atoms with Crippen molar-refractivity contribution >= 4 is 15.9 Å². The van der Waals surface area contributed by atoms with Crippen LogP contribution in [-0.4, -0.2) is 14.6 Å². The molecule has 0 N–H and O–H groups in total. The first-order valence-corrected chi connectivity index (χ1v) is 7.10. The van der Waals surface area contributed by atoms with Gasteiger partial charge in [0.05, 0.1) is 5.69 Å². The fourth-order valence-corrected chi connectivity index (χ4v) is 2.89. The first kappa shape index (κ1) is 13.8. The van der Waals surface area contributed by atoms with E-state index in [0.717, 1.165) is 18.8 Å². The van der Waals surface area contributed by atoms with Gasteiger partial charge in [0.2, 0.25) is 0 Å². The summed E-state index contributed by atoms with van der Waals surface area (Å²) >= 11 is 3.75. The molecule has 0 spiro atoms. The van der Waals surface area contributed by atoms with E-state index in [1.54, 1.807) is 0 Å². The number of aromatic nitrogens is 2. The second kappa shape index (κ2) is 6.43. The van der Waals surface area contributed by atoms with E-state index in [1.807, 2.05) is 11.7 Å². The molecule has 1 rings (SSSR count). The lowest BCUT2D eigenvalue weighted by molar-refractivity contribution is 0.548. The van der Waals surface area contributed by atoms with Crippen LogP contribution in [0.1, 0.15) is 45.0 Å². The Bertz CT molecular complexity index is 318. The highest BCUT2D eigenvalue weighted by atomic mass is 79.9. The molecule has 0 amide bonds. The zero-order valence-electron chi connectivity index (χ0n) is 10.8. The molecule has 0 saturated carbocycles. The summed E-state index contributed by atoms with van der Waals surface area (Å²) in [6, 6.07) is 2.23. The summed E-state index contributed by atoms with van der Waals surface area (Å²) in [5.74, 6) is 0.766. The maximum absolute atomic E-state index is 4.47. The summed E-state index contributed by atoms with van der Waals surface area (Å²) in [7, 11) is 2.04. The maximum atomic E-state index is 4.47. The van der Waals surface area contributed by atoms with Crippen molar-refractivity contribution in [3.05, 3.63) is 17.5 Å². The summed E-state index contributed by atoms with van der Waals surface area (Å²) in [6.07, 6.45) is 4.59. The molecule has 2 nitrogen and oxygen atoms in total. The summed E-state index contributed by atoms with van der Waals surface area (Å²) in [4.78, 5) is 0.632. The molecule has 1 aromatic heterocycles. The molecule has 1 atom stereocenters. The minimum Gasteiger partial charge on any atom is -0.272 e. The van der Waals surface area contributed by atoms with Gasteiger partial charge >= 0.3 is 0 Å². The average molecular weight is 287 g/mol. The van der Waals surface area contributed by atoms with Gasteiger partial charge in [-0.15, -0.1) is 0 Å². The highest BCUT2D eigenvalue weighted by Crippen LogP contribution is 2.18. The van der Waals surface area contributed by atoms with E-state index in [2.05, 4.69) is 47.9 Å². The van der Waals surface area contributed by atoms with Gasteiger partial charge in [-0.3, -0.25) is 4.68 Å². The lowest BCUT2D eigenvalue weighted by Gasteiger charge is -2.11. The van der Waals surface area contributed by atoms with Crippen LogP contribution in [0.2, 0.25) is 0 Å². The zero-order chi connectivity index (χ0) is 12.1. The highest BCUT2D eigenvalue weighted by molar-refractivity contribution is 9.09. The number of aryl methyl sites for hydroxylation is 3. The van der Waals surface area contributed by atoms with Crippen molar-refractivity contribution in [1.29, 1.82) is 0 Å². The normalized spacial score (nSPS) is 13.4. The van der Waals surface area contributed by atoms with Crippen LogP contribution in [0.15, 0.2) is 6.07 Å². The first-order valence-electron chi connectivity index (χ1n) is 6.18. The summed E-state index contributed by atoms with van der Waals surface area (Å²) in [6.45, 7) is 6.69. The van der Waals surface area contributed by atoms with Crippen LogP contribution in [0, 0.1) is 5.92 Å². The molecule has 0 aliphatic carbocycles. The monoisotopic (exact) mass is 286 g/mol. The van der Waals surface area contributed by atoms with Gasteiger partial charge in [0.15, 0.2) is 0 Å². The fourth-order valence-electron chi connectivity index (χ4n) is 1.91. The van der Waals surface area contributed by atoms with Gasteiger partial charge in [-0.05, 0) is 37.7 Å². The van der Waals surface area contributed by atoms with Gasteiger partial charge in [-0.1, -0.05) is 36.7 Å². The van der Waals surface area contributed by atoms with Gasteiger partial charge in [0.25, 0.3) is 0 Å². The molecule has 3 heteroatoms. The van der Waals surface area contributed by atoms with E-state index in [4.69, 9.17) is 0 Å². The molecule has 0 radical (unpaired) electrons. The van der Waals surface area contributed by atoms with Crippen molar-refractivity contribution < 1.29 is 0 Å². The molecular weight excluding hydrogens is 264 g/mol. The van der Waals surface area contributed by atoms with Crippen molar-refractivity contribution in [1.82, 2.24) is 9.78 Å². The minimum atomic E-state index is 0.632. The van der Waals surface area contributed by atoms with E-state index >= 15 is 0 Å². The lowest BCUT2D eigenvalue weighted by Crippen LogP contribution is -2.06. The third kappa shape index (κ3) is 4.28. The van der Waals surface area contributed by atoms with Crippen molar-refractivity contribution in [2.24, 2.45) is 13.0 Å². The van der Waals surface area contributed by atoms with E-state index in [0.29, 0.717) is 4.83 Å². The van der Waals surface area contributed by atoms with Crippen molar-refractivity contribution in [3.8, 4) is 0 Å². The Morgan fingerprint density at radius 3 is 2.62 bits per heavy atom. The molecule has 1 unspecified atom stereocenters. The molecule has 0 aliphatic heterocycles. The van der Waals surface area contributed by atoms with Crippen LogP contribution in [0.25, 0.3) is 0 Å².